The van der Waals surface area contributed by atoms with E-state index in [0.29, 0.717) is 13.0 Å². The number of carboxylic acids is 2. The van der Waals surface area contributed by atoms with Crippen molar-refractivity contribution in [3.8, 4) is 0 Å². The van der Waals surface area contributed by atoms with Gasteiger partial charge in [-0.05, 0) is 12.8 Å². The molecule has 0 bridgehead atoms. The summed E-state index contributed by atoms with van der Waals surface area (Å²) in [5, 5.41) is 28.8. The molecule has 0 spiro atoms. The molecule has 1 aliphatic heterocycles. The third-order valence-corrected chi connectivity index (χ3v) is 2.69. The average Bonchev–Trinajstić information content (AvgIpc) is 2.70. The first-order valence-electron chi connectivity index (χ1n) is 5.58. The zero-order valence-electron chi connectivity index (χ0n) is 9.70. The van der Waals surface area contributed by atoms with Crippen molar-refractivity contribution in [1.82, 2.24) is 10.2 Å². The van der Waals surface area contributed by atoms with Crippen LogP contribution in [0, 0.1) is 0 Å². The Morgan fingerprint density at radius 1 is 1.33 bits per heavy atom. The summed E-state index contributed by atoms with van der Waals surface area (Å²) < 4.78 is 0. The van der Waals surface area contributed by atoms with Gasteiger partial charge in [0.05, 0.1) is 6.10 Å². The molecule has 18 heavy (non-hydrogen) atoms. The fraction of sp³-hybridized carbons (Fsp3) is 0.700. The maximum absolute atomic E-state index is 11.6. The standard InChI is InChI=1S/C10H16N2O6/c13-6-3-4-12(5-6)10(18)11-7(9(16)17)1-2-8(14)15/h6-7,13H,1-5H2,(H,11,18)(H,14,15)(H,16,17)/t6?,7-/m0/s1. The number of urea groups is 1. The quantitative estimate of drug-likeness (QED) is 0.506. The first-order chi connectivity index (χ1) is 8.40. The summed E-state index contributed by atoms with van der Waals surface area (Å²) in [4.78, 5) is 34.2. The summed E-state index contributed by atoms with van der Waals surface area (Å²) in [6.07, 6.45) is -0.634. The Morgan fingerprint density at radius 2 is 2.00 bits per heavy atom. The molecule has 2 atom stereocenters. The van der Waals surface area contributed by atoms with Crippen LogP contribution in [-0.4, -0.2) is 63.4 Å². The summed E-state index contributed by atoms with van der Waals surface area (Å²) in [5.74, 6) is -2.39. The van der Waals surface area contributed by atoms with Crippen molar-refractivity contribution in [2.75, 3.05) is 13.1 Å². The summed E-state index contributed by atoms with van der Waals surface area (Å²) in [5.41, 5.74) is 0. The van der Waals surface area contributed by atoms with Crippen molar-refractivity contribution in [3.63, 3.8) is 0 Å². The lowest BCUT2D eigenvalue weighted by Crippen LogP contribution is -2.47. The van der Waals surface area contributed by atoms with E-state index >= 15 is 0 Å². The van der Waals surface area contributed by atoms with E-state index in [1.54, 1.807) is 0 Å². The highest BCUT2D eigenvalue weighted by atomic mass is 16.4. The Hall–Kier alpha value is -1.83. The van der Waals surface area contributed by atoms with Gasteiger partial charge in [-0.2, -0.15) is 0 Å². The smallest absolute Gasteiger partial charge is 0.326 e. The highest BCUT2D eigenvalue weighted by Gasteiger charge is 2.28. The molecule has 0 saturated carbocycles. The van der Waals surface area contributed by atoms with Crippen LogP contribution in [0.15, 0.2) is 0 Å². The van der Waals surface area contributed by atoms with Crippen LogP contribution in [0.25, 0.3) is 0 Å². The molecule has 1 aliphatic rings. The van der Waals surface area contributed by atoms with Crippen molar-refractivity contribution in [3.05, 3.63) is 0 Å². The molecule has 8 nitrogen and oxygen atoms in total. The van der Waals surface area contributed by atoms with Gasteiger partial charge in [0.25, 0.3) is 0 Å². The average molecular weight is 260 g/mol. The maximum atomic E-state index is 11.6. The van der Waals surface area contributed by atoms with Gasteiger partial charge in [-0.15, -0.1) is 0 Å². The topological polar surface area (TPSA) is 127 Å². The summed E-state index contributed by atoms with van der Waals surface area (Å²) >= 11 is 0. The van der Waals surface area contributed by atoms with Crippen LogP contribution in [0.1, 0.15) is 19.3 Å². The molecule has 1 saturated heterocycles. The number of aliphatic hydroxyl groups excluding tert-OH is 1. The Balaban J connectivity index is 2.47. The van der Waals surface area contributed by atoms with E-state index in [4.69, 9.17) is 10.2 Å². The molecule has 8 heteroatoms. The molecular formula is C10H16N2O6. The molecule has 1 unspecified atom stereocenters. The first-order valence-corrected chi connectivity index (χ1v) is 5.58. The Kier molecular flexibility index (Phi) is 4.90. The van der Waals surface area contributed by atoms with Crippen LogP contribution in [0.2, 0.25) is 0 Å². The van der Waals surface area contributed by atoms with Crippen molar-refractivity contribution in [2.24, 2.45) is 0 Å². The van der Waals surface area contributed by atoms with E-state index in [1.165, 1.54) is 4.90 Å². The van der Waals surface area contributed by atoms with Crippen LogP contribution < -0.4 is 5.32 Å². The largest absolute Gasteiger partial charge is 0.481 e. The lowest BCUT2D eigenvalue weighted by Gasteiger charge is -2.20. The van der Waals surface area contributed by atoms with Gasteiger partial charge in [0.2, 0.25) is 0 Å². The molecule has 1 fully saturated rings. The zero-order valence-corrected chi connectivity index (χ0v) is 9.70. The minimum Gasteiger partial charge on any atom is -0.481 e. The molecule has 2 amide bonds. The van der Waals surface area contributed by atoms with Gasteiger partial charge in [0.15, 0.2) is 0 Å². The number of aliphatic carboxylic acids is 2. The highest BCUT2D eigenvalue weighted by molar-refractivity contribution is 5.83. The second-order valence-corrected chi connectivity index (χ2v) is 4.16. The number of rotatable bonds is 5. The number of nitrogens with zero attached hydrogens (tertiary/aromatic N) is 1. The molecule has 4 N–H and O–H groups in total. The molecule has 0 aromatic carbocycles. The number of aliphatic hydroxyl groups is 1. The second-order valence-electron chi connectivity index (χ2n) is 4.16. The second kappa shape index (κ2) is 6.20. The summed E-state index contributed by atoms with van der Waals surface area (Å²) in [7, 11) is 0. The van der Waals surface area contributed by atoms with Crippen molar-refractivity contribution < 1.29 is 29.7 Å². The fourth-order valence-corrected chi connectivity index (χ4v) is 1.69. The summed E-state index contributed by atoms with van der Waals surface area (Å²) in [6, 6.07) is -1.82. The van der Waals surface area contributed by atoms with Crippen LogP contribution in [0.5, 0.6) is 0 Å². The van der Waals surface area contributed by atoms with Gasteiger partial charge in [-0.3, -0.25) is 4.79 Å². The number of carbonyl (C=O) groups excluding carboxylic acids is 1. The molecule has 102 valence electrons. The van der Waals surface area contributed by atoms with E-state index in [9.17, 15) is 19.5 Å². The maximum Gasteiger partial charge on any atom is 0.326 e. The number of carbonyl (C=O) groups is 3. The van der Waals surface area contributed by atoms with E-state index in [2.05, 4.69) is 5.32 Å². The molecule has 0 radical (unpaired) electrons. The minimum absolute atomic E-state index is 0.164. The Morgan fingerprint density at radius 3 is 2.44 bits per heavy atom. The van der Waals surface area contributed by atoms with Gasteiger partial charge in [0, 0.05) is 19.5 Å². The van der Waals surface area contributed by atoms with E-state index < -0.39 is 30.1 Å². The number of likely N-dealkylation sites (tertiary alicyclic amines) is 1. The Labute approximate surface area is 103 Å². The molecule has 1 rings (SSSR count). The Bertz CT molecular complexity index is 345. The molecule has 0 aliphatic carbocycles. The van der Waals surface area contributed by atoms with E-state index in [1.807, 2.05) is 0 Å². The molecule has 0 aromatic heterocycles. The zero-order chi connectivity index (χ0) is 13.7. The predicted molar refractivity (Wildman–Crippen MR) is 59.0 cm³/mol. The van der Waals surface area contributed by atoms with Crippen LogP contribution in [-0.2, 0) is 9.59 Å². The van der Waals surface area contributed by atoms with Crippen LogP contribution in [0.4, 0.5) is 4.79 Å². The molecule has 0 aromatic rings. The normalized spacial score (nSPS) is 20.5. The van der Waals surface area contributed by atoms with E-state index in [0.717, 1.165) is 0 Å². The van der Waals surface area contributed by atoms with Gasteiger partial charge >= 0.3 is 18.0 Å². The number of nitrogens with one attached hydrogen (secondary N) is 1. The number of amides is 2. The van der Waals surface area contributed by atoms with Crippen LogP contribution >= 0.6 is 0 Å². The van der Waals surface area contributed by atoms with Gasteiger partial charge < -0.3 is 25.5 Å². The third-order valence-electron chi connectivity index (χ3n) is 2.69. The number of β-amino-alcohol motifs (C(OH)–C–C–N with tert-alkyl or cyclic N) is 1. The van der Waals surface area contributed by atoms with Gasteiger partial charge in [-0.25, -0.2) is 9.59 Å². The van der Waals surface area contributed by atoms with Crippen molar-refractivity contribution in [1.29, 1.82) is 0 Å². The minimum atomic E-state index is -1.27. The third kappa shape index (κ3) is 4.21. The fourth-order valence-electron chi connectivity index (χ4n) is 1.69. The van der Waals surface area contributed by atoms with Crippen molar-refractivity contribution in [2.45, 2.75) is 31.4 Å². The lowest BCUT2D eigenvalue weighted by molar-refractivity contribution is -0.140. The highest BCUT2D eigenvalue weighted by Crippen LogP contribution is 2.09. The van der Waals surface area contributed by atoms with Gasteiger partial charge in [0.1, 0.15) is 6.04 Å². The lowest BCUT2D eigenvalue weighted by atomic mass is 10.1. The molecular weight excluding hydrogens is 244 g/mol. The van der Waals surface area contributed by atoms with E-state index in [-0.39, 0.29) is 19.4 Å². The number of hydrogen-bond acceptors (Lipinski definition) is 4. The summed E-state index contributed by atoms with van der Waals surface area (Å²) in [6.45, 7) is 0.523. The SMILES string of the molecule is O=C(O)CC[C@H](NC(=O)N1CCC(O)C1)C(=O)O. The predicted octanol–water partition coefficient (Wildman–Crippen LogP) is -0.919. The van der Waals surface area contributed by atoms with Crippen LogP contribution in [0.3, 0.4) is 0 Å². The van der Waals surface area contributed by atoms with Crippen molar-refractivity contribution >= 4 is 18.0 Å². The number of carboxylic acid groups (broad SMARTS) is 2. The molecule has 1 heterocycles. The number of hydrogen-bond donors (Lipinski definition) is 4. The van der Waals surface area contributed by atoms with Gasteiger partial charge in [-0.1, -0.05) is 0 Å². The first kappa shape index (κ1) is 14.2. The monoisotopic (exact) mass is 260 g/mol.